The van der Waals surface area contributed by atoms with E-state index in [2.05, 4.69) is 27.7 Å². The molecule has 1 amide bonds. The van der Waals surface area contributed by atoms with Crippen LogP contribution in [0.1, 0.15) is 46.1 Å². The molecule has 1 aromatic rings. The highest BCUT2D eigenvalue weighted by Crippen LogP contribution is 2.13. The molecule has 0 aromatic heterocycles. The van der Waals surface area contributed by atoms with Gasteiger partial charge in [0.15, 0.2) is 0 Å². The molecule has 0 aliphatic heterocycles. The first kappa shape index (κ1) is 17.3. The SMILES string of the molecule is CCC(CC)N(CC(C)C)C(=O)/C=C/c1ccc(N)cc1. The van der Waals surface area contributed by atoms with Gasteiger partial charge in [0.1, 0.15) is 0 Å². The van der Waals surface area contributed by atoms with Crippen molar-refractivity contribution in [1.29, 1.82) is 0 Å². The summed E-state index contributed by atoms with van der Waals surface area (Å²) in [5, 5.41) is 0. The number of hydrogen-bond acceptors (Lipinski definition) is 2. The lowest BCUT2D eigenvalue weighted by molar-refractivity contribution is -0.129. The van der Waals surface area contributed by atoms with Gasteiger partial charge in [-0.25, -0.2) is 0 Å². The van der Waals surface area contributed by atoms with Crippen LogP contribution >= 0.6 is 0 Å². The van der Waals surface area contributed by atoms with E-state index in [1.165, 1.54) is 0 Å². The second kappa shape index (κ2) is 8.50. The summed E-state index contributed by atoms with van der Waals surface area (Å²) in [6.45, 7) is 9.37. The molecule has 3 heteroatoms. The van der Waals surface area contributed by atoms with Crippen molar-refractivity contribution in [2.24, 2.45) is 5.92 Å². The van der Waals surface area contributed by atoms with Crippen LogP contribution in [0.4, 0.5) is 5.69 Å². The third kappa shape index (κ3) is 5.62. The van der Waals surface area contributed by atoms with Crippen LogP contribution in [0.15, 0.2) is 30.3 Å². The van der Waals surface area contributed by atoms with Gasteiger partial charge < -0.3 is 10.6 Å². The van der Waals surface area contributed by atoms with E-state index in [-0.39, 0.29) is 5.91 Å². The van der Waals surface area contributed by atoms with Gasteiger partial charge in [-0.05, 0) is 42.5 Å². The number of amides is 1. The van der Waals surface area contributed by atoms with Crippen LogP contribution in [0.2, 0.25) is 0 Å². The maximum absolute atomic E-state index is 12.5. The first-order valence-corrected chi connectivity index (χ1v) is 7.82. The van der Waals surface area contributed by atoms with E-state index in [4.69, 9.17) is 5.73 Å². The Morgan fingerprint density at radius 2 is 1.76 bits per heavy atom. The first-order valence-electron chi connectivity index (χ1n) is 7.82. The molecule has 1 rings (SSSR count). The molecule has 0 unspecified atom stereocenters. The van der Waals surface area contributed by atoms with Gasteiger partial charge in [0, 0.05) is 24.4 Å². The Kier molecular flexibility index (Phi) is 7.00. The topological polar surface area (TPSA) is 46.3 Å². The minimum absolute atomic E-state index is 0.0919. The number of rotatable bonds is 7. The molecule has 116 valence electrons. The molecule has 0 atom stereocenters. The fourth-order valence-corrected chi connectivity index (χ4v) is 2.41. The molecule has 0 spiro atoms. The second-order valence-corrected chi connectivity index (χ2v) is 5.85. The molecule has 0 heterocycles. The number of nitrogens with zero attached hydrogens (tertiary/aromatic N) is 1. The zero-order valence-corrected chi connectivity index (χ0v) is 13.7. The van der Waals surface area contributed by atoms with Gasteiger partial charge in [-0.2, -0.15) is 0 Å². The zero-order chi connectivity index (χ0) is 15.8. The number of nitrogens with two attached hydrogens (primary N) is 1. The predicted octanol–water partition coefficient (Wildman–Crippen LogP) is 3.96. The van der Waals surface area contributed by atoms with Gasteiger partial charge in [0.05, 0.1) is 0 Å². The van der Waals surface area contributed by atoms with Crippen molar-refractivity contribution in [3.8, 4) is 0 Å². The van der Waals surface area contributed by atoms with E-state index in [1.54, 1.807) is 6.08 Å². The molecule has 0 saturated heterocycles. The first-order chi connectivity index (χ1) is 9.97. The van der Waals surface area contributed by atoms with Crippen molar-refractivity contribution in [3.05, 3.63) is 35.9 Å². The average Bonchev–Trinajstić information content (AvgIpc) is 2.46. The number of benzene rings is 1. The second-order valence-electron chi connectivity index (χ2n) is 5.85. The third-order valence-electron chi connectivity index (χ3n) is 3.58. The zero-order valence-electron chi connectivity index (χ0n) is 13.7. The van der Waals surface area contributed by atoms with Crippen LogP contribution in [-0.2, 0) is 4.79 Å². The standard InChI is InChI=1S/C18H28N2O/c1-5-17(6-2)20(13-14(3)4)18(21)12-9-15-7-10-16(19)11-8-15/h7-12,14,17H,5-6,13,19H2,1-4H3/b12-9+. The summed E-state index contributed by atoms with van der Waals surface area (Å²) < 4.78 is 0. The number of carbonyl (C=O) groups excluding carboxylic acids is 1. The van der Waals surface area contributed by atoms with Gasteiger partial charge in [-0.1, -0.05) is 39.8 Å². The van der Waals surface area contributed by atoms with Crippen molar-refractivity contribution in [2.45, 2.75) is 46.6 Å². The summed E-state index contributed by atoms with van der Waals surface area (Å²) >= 11 is 0. The van der Waals surface area contributed by atoms with E-state index in [1.807, 2.05) is 35.2 Å². The van der Waals surface area contributed by atoms with E-state index >= 15 is 0 Å². The molecule has 1 aromatic carbocycles. The molecule has 0 aliphatic carbocycles. The molecular weight excluding hydrogens is 260 g/mol. The Labute approximate surface area is 128 Å². The molecule has 0 radical (unpaired) electrons. The molecular formula is C18H28N2O. The highest BCUT2D eigenvalue weighted by Gasteiger charge is 2.19. The number of hydrogen-bond donors (Lipinski definition) is 1. The fraction of sp³-hybridized carbons (Fsp3) is 0.500. The monoisotopic (exact) mass is 288 g/mol. The number of nitrogen functional groups attached to an aromatic ring is 1. The molecule has 3 nitrogen and oxygen atoms in total. The Morgan fingerprint density at radius 1 is 1.19 bits per heavy atom. The van der Waals surface area contributed by atoms with Crippen LogP contribution < -0.4 is 5.73 Å². The minimum Gasteiger partial charge on any atom is -0.399 e. The van der Waals surface area contributed by atoms with E-state index in [0.717, 1.165) is 30.6 Å². The van der Waals surface area contributed by atoms with Crippen molar-refractivity contribution >= 4 is 17.7 Å². The largest absolute Gasteiger partial charge is 0.399 e. The average molecular weight is 288 g/mol. The van der Waals surface area contributed by atoms with Crippen molar-refractivity contribution < 1.29 is 4.79 Å². The summed E-state index contributed by atoms with van der Waals surface area (Å²) in [5.41, 5.74) is 7.39. The van der Waals surface area contributed by atoms with Crippen molar-refractivity contribution in [3.63, 3.8) is 0 Å². The molecule has 2 N–H and O–H groups in total. The summed E-state index contributed by atoms with van der Waals surface area (Å²) in [6.07, 6.45) is 5.51. The van der Waals surface area contributed by atoms with Gasteiger partial charge in [0.25, 0.3) is 0 Å². The van der Waals surface area contributed by atoms with Gasteiger partial charge in [-0.15, -0.1) is 0 Å². The quantitative estimate of drug-likeness (QED) is 0.610. The van der Waals surface area contributed by atoms with Crippen LogP contribution in [0.25, 0.3) is 6.08 Å². The van der Waals surface area contributed by atoms with E-state index in [0.29, 0.717) is 12.0 Å². The highest BCUT2D eigenvalue weighted by molar-refractivity contribution is 5.92. The van der Waals surface area contributed by atoms with E-state index < -0.39 is 0 Å². The minimum atomic E-state index is 0.0919. The Bertz CT molecular complexity index is 459. The molecule has 0 bridgehead atoms. The van der Waals surface area contributed by atoms with Gasteiger partial charge >= 0.3 is 0 Å². The smallest absolute Gasteiger partial charge is 0.246 e. The third-order valence-corrected chi connectivity index (χ3v) is 3.58. The Morgan fingerprint density at radius 3 is 2.24 bits per heavy atom. The summed E-state index contributed by atoms with van der Waals surface area (Å²) in [6, 6.07) is 7.84. The summed E-state index contributed by atoms with van der Waals surface area (Å²) in [5.74, 6) is 0.564. The maximum atomic E-state index is 12.5. The number of carbonyl (C=O) groups is 1. The fourth-order valence-electron chi connectivity index (χ4n) is 2.41. The Hall–Kier alpha value is -1.77. The normalized spacial score (nSPS) is 11.5. The van der Waals surface area contributed by atoms with Gasteiger partial charge in [0.2, 0.25) is 5.91 Å². The summed E-state index contributed by atoms with van der Waals surface area (Å²) in [4.78, 5) is 14.5. The lowest BCUT2D eigenvalue weighted by Gasteiger charge is -2.31. The van der Waals surface area contributed by atoms with Crippen LogP contribution in [0, 0.1) is 5.92 Å². The Balaban J connectivity index is 2.82. The van der Waals surface area contributed by atoms with Crippen molar-refractivity contribution in [2.75, 3.05) is 12.3 Å². The molecule has 0 aliphatic rings. The number of anilines is 1. The lowest BCUT2D eigenvalue weighted by Crippen LogP contribution is -2.41. The van der Waals surface area contributed by atoms with Crippen LogP contribution in [0.3, 0.4) is 0 Å². The molecule has 0 saturated carbocycles. The molecule has 0 fully saturated rings. The lowest BCUT2D eigenvalue weighted by atomic mass is 10.1. The van der Waals surface area contributed by atoms with E-state index in [9.17, 15) is 4.79 Å². The highest BCUT2D eigenvalue weighted by atomic mass is 16.2. The summed E-state index contributed by atoms with van der Waals surface area (Å²) in [7, 11) is 0. The molecule has 21 heavy (non-hydrogen) atoms. The van der Waals surface area contributed by atoms with Gasteiger partial charge in [-0.3, -0.25) is 4.79 Å². The van der Waals surface area contributed by atoms with Crippen LogP contribution in [-0.4, -0.2) is 23.4 Å². The van der Waals surface area contributed by atoms with Crippen LogP contribution in [0.5, 0.6) is 0 Å². The maximum Gasteiger partial charge on any atom is 0.246 e. The van der Waals surface area contributed by atoms with Crippen molar-refractivity contribution in [1.82, 2.24) is 4.90 Å². The predicted molar refractivity (Wildman–Crippen MR) is 90.8 cm³/mol.